The Kier molecular flexibility index (Phi) is 26.8. The van der Waals surface area contributed by atoms with Crippen LogP contribution in [0.1, 0.15) is 41.5 Å². The van der Waals surface area contributed by atoms with E-state index in [1.54, 1.807) is 24.3 Å². The lowest BCUT2D eigenvalue weighted by Gasteiger charge is -2.43. The summed E-state index contributed by atoms with van der Waals surface area (Å²) in [5, 5.41) is 2.46. The molecule has 0 radical (unpaired) electrons. The number of amides is 2. The molecule has 0 aliphatic carbocycles. The SMILES string of the molecule is CC(C)(C)[Si](OCCOCCOCCOCCOCCOCCOCCOCCOCCOCCOCCOCCN1C(=O)c2ccccc2C1=O)(c1ccccc1)c1ccccc1. The smallest absolute Gasteiger partial charge is 0.261 e. The molecule has 356 valence electrons. The Balaban J connectivity index is 0.808. The van der Waals surface area contributed by atoms with Crippen LogP contribution in [0.15, 0.2) is 84.9 Å². The van der Waals surface area contributed by atoms with Crippen molar-refractivity contribution in [1.29, 1.82) is 0 Å². The zero-order chi connectivity index (χ0) is 45.4. The third kappa shape index (κ3) is 19.2. The second-order valence-electron chi connectivity index (χ2n) is 15.6. The zero-order valence-electron chi connectivity index (χ0n) is 38.2. The number of benzene rings is 3. The van der Waals surface area contributed by atoms with Gasteiger partial charge in [0.05, 0.1) is 170 Å². The molecular weight excluding hydrogens is 843 g/mol. The van der Waals surface area contributed by atoms with Crippen molar-refractivity contribution < 1.29 is 66.1 Å². The summed E-state index contributed by atoms with van der Waals surface area (Å²) >= 11 is 0. The molecule has 15 nitrogen and oxygen atoms in total. The molecule has 1 aliphatic rings. The molecular formula is C48H71NO14Si. The van der Waals surface area contributed by atoms with Gasteiger partial charge in [-0.3, -0.25) is 14.5 Å². The first-order valence-electron chi connectivity index (χ1n) is 22.4. The molecule has 0 N–H and O–H groups in total. The Hall–Kier alpha value is -3.46. The molecule has 0 bridgehead atoms. The normalized spacial score (nSPS) is 13.0. The highest BCUT2D eigenvalue weighted by Gasteiger charge is 2.50. The molecule has 16 heteroatoms. The number of fused-ring (bicyclic) bond motifs is 1. The minimum absolute atomic E-state index is 0.0654. The van der Waals surface area contributed by atoms with Crippen LogP contribution in [0.25, 0.3) is 0 Å². The number of hydrogen-bond acceptors (Lipinski definition) is 14. The first-order chi connectivity index (χ1) is 31.4. The molecule has 1 heterocycles. The summed E-state index contributed by atoms with van der Waals surface area (Å²) in [6.45, 7) is 17.6. The molecule has 3 aromatic rings. The largest absolute Gasteiger partial charge is 0.405 e. The Morgan fingerprint density at radius 3 is 0.891 bits per heavy atom. The number of hydrogen-bond donors (Lipinski definition) is 0. The maximum absolute atomic E-state index is 12.3. The summed E-state index contributed by atoms with van der Waals surface area (Å²) in [4.78, 5) is 25.9. The monoisotopic (exact) mass is 913 g/mol. The van der Waals surface area contributed by atoms with E-state index in [1.165, 1.54) is 15.3 Å². The van der Waals surface area contributed by atoms with Crippen molar-refractivity contribution in [3.8, 4) is 0 Å². The van der Waals surface area contributed by atoms with Gasteiger partial charge in [0, 0.05) is 0 Å². The van der Waals surface area contributed by atoms with Crippen molar-refractivity contribution in [3.05, 3.63) is 96.1 Å². The van der Waals surface area contributed by atoms with Gasteiger partial charge in [-0.1, -0.05) is 93.6 Å². The highest BCUT2D eigenvalue weighted by atomic mass is 28.4. The van der Waals surface area contributed by atoms with E-state index in [9.17, 15) is 9.59 Å². The van der Waals surface area contributed by atoms with E-state index in [0.29, 0.717) is 156 Å². The van der Waals surface area contributed by atoms with Crippen molar-refractivity contribution in [2.75, 3.05) is 159 Å². The molecule has 4 rings (SSSR count). The van der Waals surface area contributed by atoms with E-state index in [1.807, 2.05) is 0 Å². The third-order valence-electron chi connectivity index (χ3n) is 10.0. The van der Waals surface area contributed by atoms with Crippen molar-refractivity contribution in [2.24, 2.45) is 0 Å². The van der Waals surface area contributed by atoms with Gasteiger partial charge in [0.25, 0.3) is 20.1 Å². The van der Waals surface area contributed by atoms with Crippen LogP contribution in [0.5, 0.6) is 0 Å². The van der Waals surface area contributed by atoms with Crippen molar-refractivity contribution in [3.63, 3.8) is 0 Å². The fraction of sp³-hybridized carbons (Fsp3) is 0.583. The second-order valence-corrected chi connectivity index (χ2v) is 19.9. The third-order valence-corrected chi connectivity index (χ3v) is 15.1. The average Bonchev–Trinajstić information content (AvgIpc) is 3.55. The number of carbonyl (C=O) groups excluding carboxylic acids is 2. The van der Waals surface area contributed by atoms with Gasteiger partial charge in [-0.05, 0) is 27.5 Å². The van der Waals surface area contributed by atoms with Crippen LogP contribution in [0, 0.1) is 0 Å². The van der Waals surface area contributed by atoms with Crippen LogP contribution in [0.4, 0.5) is 0 Å². The van der Waals surface area contributed by atoms with Gasteiger partial charge in [0.2, 0.25) is 0 Å². The molecule has 3 aromatic carbocycles. The second kappa shape index (κ2) is 32.2. The summed E-state index contributed by atoms with van der Waals surface area (Å²) < 4.78 is 68.1. The quantitative estimate of drug-likeness (QED) is 0.0461. The van der Waals surface area contributed by atoms with Crippen LogP contribution in [-0.2, 0) is 56.5 Å². The molecule has 0 fully saturated rings. The Labute approximate surface area is 380 Å². The predicted octanol–water partition coefficient (Wildman–Crippen LogP) is 4.04. The van der Waals surface area contributed by atoms with E-state index < -0.39 is 8.32 Å². The number of ether oxygens (including phenoxy) is 11. The minimum Gasteiger partial charge on any atom is -0.405 e. The molecule has 2 amide bonds. The van der Waals surface area contributed by atoms with Gasteiger partial charge in [-0.2, -0.15) is 0 Å². The number of nitrogens with zero attached hydrogens (tertiary/aromatic N) is 1. The highest BCUT2D eigenvalue weighted by Crippen LogP contribution is 2.36. The van der Waals surface area contributed by atoms with Crippen LogP contribution in [-0.4, -0.2) is 184 Å². The average molecular weight is 914 g/mol. The van der Waals surface area contributed by atoms with Crippen molar-refractivity contribution in [2.45, 2.75) is 25.8 Å². The van der Waals surface area contributed by atoms with E-state index in [-0.39, 0.29) is 30.0 Å². The topological polar surface area (TPSA) is 148 Å². The Bertz CT molecular complexity index is 1590. The first-order valence-corrected chi connectivity index (χ1v) is 24.3. The van der Waals surface area contributed by atoms with E-state index in [4.69, 9.17) is 56.5 Å². The van der Waals surface area contributed by atoms with E-state index >= 15 is 0 Å². The van der Waals surface area contributed by atoms with E-state index in [0.717, 1.165) is 0 Å². The lowest BCUT2D eigenvalue weighted by molar-refractivity contribution is -0.0278. The number of carbonyl (C=O) groups is 2. The van der Waals surface area contributed by atoms with Crippen molar-refractivity contribution in [1.82, 2.24) is 4.90 Å². The van der Waals surface area contributed by atoms with Gasteiger partial charge in [0.15, 0.2) is 0 Å². The Morgan fingerprint density at radius 2 is 0.609 bits per heavy atom. The maximum Gasteiger partial charge on any atom is 0.261 e. The minimum atomic E-state index is -2.55. The van der Waals surface area contributed by atoms with Crippen LogP contribution >= 0.6 is 0 Å². The molecule has 0 atom stereocenters. The first kappa shape index (κ1) is 53.2. The fourth-order valence-electron chi connectivity index (χ4n) is 6.91. The Morgan fingerprint density at radius 1 is 0.359 bits per heavy atom. The van der Waals surface area contributed by atoms with Crippen LogP contribution in [0.3, 0.4) is 0 Å². The van der Waals surface area contributed by atoms with Gasteiger partial charge < -0.3 is 56.5 Å². The summed E-state index contributed by atoms with van der Waals surface area (Å²) in [7, 11) is -2.55. The molecule has 0 saturated carbocycles. The summed E-state index contributed by atoms with van der Waals surface area (Å²) in [5.41, 5.74) is 0.880. The van der Waals surface area contributed by atoms with E-state index in [2.05, 4.69) is 81.4 Å². The molecule has 1 aliphatic heterocycles. The van der Waals surface area contributed by atoms with Gasteiger partial charge >= 0.3 is 0 Å². The van der Waals surface area contributed by atoms with Crippen LogP contribution in [0.2, 0.25) is 5.04 Å². The van der Waals surface area contributed by atoms with Gasteiger partial charge in [-0.25, -0.2) is 0 Å². The fourth-order valence-corrected chi connectivity index (χ4v) is 11.5. The summed E-state index contributed by atoms with van der Waals surface area (Å²) in [5.74, 6) is -0.559. The van der Waals surface area contributed by atoms with Gasteiger partial charge in [0.1, 0.15) is 0 Å². The number of rotatable bonds is 39. The molecule has 0 saturated heterocycles. The van der Waals surface area contributed by atoms with Gasteiger partial charge in [-0.15, -0.1) is 0 Å². The summed E-state index contributed by atoms with van der Waals surface area (Å²) in [6.07, 6.45) is 0. The molecule has 0 unspecified atom stereocenters. The predicted molar refractivity (Wildman–Crippen MR) is 244 cm³/mol. The van der Waals surface area contributed by atoms with Crippen LogP contribution < -0.4 is 10.4 Å². The highest BCUT2D eigenvalue weighted by molar-refractivity contribution is 6.99. The lowest BCUT2D eigenvalue weighted by atomic mass is 10.1. The summed E-state index contributed by atoms with van der Waals surface area (Å²) in [6, 6.07) is 28.1. The maximum atomic E-state index is 12.3. The lowest BCUT2D eigenvalue weighted by Crippen LogP contribution is -2.66. The number of imide groups is 1. The van der Waals surface area contributed by atoms with Crippen molar-refractivity contribution >= 4 is 30.5 Å². The molecule has 0 spiro atoms. The standard InChI is InChI=1S/C48H71NO14Si/c1-48(2,3)64(42-12-6-4-7-13-42,43-14-8-5-9-15-43)63-41-40-62-39-38-61-37-36-60-35-34-59-33-32-58-31-30-57-29-28-56-27-26-55-25-24-54-23-22-53-21-20-52-19-18-49-46(50)44-16-10-11-17-45(44)47(49)51/h4-17H,18-41H2,1-3H3. The molecule has 64 heavy (non-hydrogen) atoms. The zero-order valence-corrected chi connectivity index (χ0v) is 39.2. The molecule has 0 aromatic heterocycles.